The predicted octanol–water partition coefficient (Wildman–Crippen LogP) is 5.25. The van der Waals surface area contributed by atoms with E-state index in [0.717, 1.165) is 6.42 Å². The van der Waals surface area contributed by atoms with Gasteiger partial charge in [0.1, 0.15) is 0 Å². The summed E-state index contributed by atoms with van der Waals surface area (Å²) in [7, 11) is 0. The van der Waals surface area contributed by atoms with Crippen molar-refractivity contribution in [3.05, 3.63) is 35.4 Å². The van der Waals surface area contributed by atoms with Crippen LogP contribution in [0.25, 0.3) is 0 Å². The highest BCUT2D eigenvalue weighted by atomic mass is 14.0. The van der Waals surface area contributed by atoms with E-state index >= 15 is 0 Å². The Balaban J connectivity index is 0. The van der Waals surface area contributed by atoms with E-state index in [1.165, 1.54) is 24.0 Å². The Bertz CT molecular complexity index is 213. The van der Waals surface area contributed by atoms with Crippen LogP contribution in [0.5, 0.6) is 0 Å². The molecule has 0 nitrogen and oxygen atoms in total. The third-order valence-corrected chi connectivity index (χ3v) is 2.02. The second kappa shape index (κ2) is 13.2. The summed E-state index contributed by atoms with van der Waals surface area (Å²) in [6.45, 7) is 12.4. The topological polar surface area (TPSA) is 0 Å². The molecular formula is C15H28. The molecule has 0 heterocycles. The summed E-state index contributed by atoms with van der Waals surface area (Å²) in [5, 5.41) is 0. The molecule has 0 heteroatoms. The van der Waals surface area contributed by atoms with Crippen molar-refractivity contribution in [2.45, 2.75) is 60.8 Å². The molecule has 0 bridgehead atoms. The molecule has 0 saturated carbocycles. The largest absolute Gasteiger partial charge is 0.0683 e. The van der Waals surface area contributed by atoms with Gasteiger partial charge in [-0.15, -0.1) is 0 Å². The second-order valence-electron chi connectivity index (χ2n) is 2.87. The lowest BCUT2D eigenvalue weighted by Crippen LogP contribution is -1.90. The van der Waals surface area contributed by atoms with Crippen LogP contribution < -0.4 is 0 Å². The molecule has 0 aromatic heterocycles. The lowest BCUT2D eigenvalue weighted by Gasteiger charge is -2.04. The molecule has 0 N–H and O–H groups in total. The number of rotatable bonds is 3. The van der Waals surface area contributed by atoms with Gasteiger partial charge in [0.25, 0.3) is 0 Å². The summed E-state index contributed by atoms with van der Waals surface area (Å²) in [6.07, 6.45) is 3.64. The van der Waals surface area contributed by atoms with Gasteiger partial charge < -0.3 is 0 Å². The van der Waals surface area contributed by atoms with Crippen LogP contribution in [0, 0.1) is 0 Å². The summed E-state index contributed by atoms with van der Waals surface area (Å²) in [5.41, 5.74) is 3.03. The van der Waals surface area contributed by atoms with Crippen molar-refractivity contribution < 1.29 is 0 Å². The zero-order chi connectivity index (χ0) is 12.1. The van der Waals surface area contributed by atoms with Gasteiger partial charge in [0.05, 0.1) is 0 Å². The van der Waals surface area contributed by atoms with Gasteiger partial charge >= 0.3 is 0 Å². The van der Waals surface area contributed by atoms with Gasteiger partial charge in [-0.05, 0) is 24.0 Å². The Hall–Kier alpha value is -0.780. The zero-order valence-electron chi connectivity index (χ0n) is 11.4. The first-order chi connectivity index (χ1) is 7.38. The maximum atomic E-state index is 2.24. The van der Waals surface area contributed by atoms with Crippen molar-refractivity contribution >= 4 is 0 Å². The van der Waals surface area contributed by atoms with Crippen LogP contribution in [0.1, 0.15) is 59.1 Å². The van der Waals surface area contributed by atoms with E-state index < -0.39 is 0 Å². The van der Waals surface area contributed by atoms with Crippen LogP contribution >= 0.6 is 0 Å². The van der Waals surface area contributed by atoms with Gasteiger partial charge in [-0.25, -0.2) is 0 Å². The van der Waals surface area contributed by atoms with Gasteiger partial charge in [0.2, 0.25) is 0 Å². The number of hydrogen-bond donors (Lipinski definition) is 0. The van der Waals surface area contributed by atoms with E-state index in [9.17, 15) is 0 Å². The fourth-order valence-electron chi connectivity index (χ4n) is 1.42. The molecule has 0 fully saturated rings. The Morgan fingerprint density at radius 3 is 1.67 bits per heavy atom. The summed E-state index contributed by atoms with van der Waals surface area (Å²) < 4.78 is 0. The van der Waals surface area contributed by atoms with Crippen LogP contribution in [0.15, 0.2) is 24.3 Å². The van der Waals surface area contributed by atoms with Gasteiger partial charge in [-0.2, -0.15) is 0 Å². The molecule has 15 heavy (non-hydrogen) atoms. The minimum Gasteiger partial charge on any atom is -0.0683 e. The van der Waals surface area contributed by atoms with Gasteiger partial charge in [0.15, 0.2) is 0 Å². The first kappa shape index (κ1) is 16.6. The minimum atomic E-state index is 1.16. The van der Waals surface area contributed by atoms with E-state index in [0.29, 0.717) is 0 Å². The van der Waals surface area contributed by atoms with Crippen LogP contribution in [-0.2, 0) is 12.8 Å². The molecular weight excluding hydrogens is 180 g/mol. The Labute approximate surface area is 96.7 Å². The van der Waals surface area contributed by atoms with E-state index in [2.05, 4.69) is 38.1 Å². The monoisotopic (exact) mass is 208 g/mol. The van der Waals surface area contributed by atoms with E-state index in [1.807, 2.05) is 27.7 Å². The second-order valence-corrected chi connectivity index (χ2v) is 2.87. The van der Waals surface area contributed by atoms with E-state index in [-0.39, 0.29) is 0 Å². The standard InChI is InChI=1S/C11H16.2C2H6/c1-3-7-11-9-6-5-8-10(11)4-2;2*1-2/h5-6,8-9H,3-4,7H2,1-2H3;2*1-2H3. The van der Waals surface area contributed by atoms with Crippen LogP contribution in [-0.4, -0.2) is 0 Å². The molecule has 1 aromatic carbocycles. The third-order valence-electron chi connectivity index (χ3n) is 2.02. The van der Waals surface area contributed by atoms with Crippen LogP contribution in [0.4, 0.5) is 0 Å². The van der Waals surface area contributed by atoms with Gasteiger partial charge in [-0.1, -0.05) is 72.2 Å². The van der Waals surface area contributed by atoms with E-state index in [4.69, 9.17) is 0 Å². The van der Waals surface area contributed by atoms with Crippen molar-refractivity contribution in [1.82, 2.24) is 0 Å². The lowest BCUT2D eigenvalue weighted by atomic mass is 10.0. The summed E-state index contributed by atoms with van der Waals surface area (Å²) >= 11 is 0. The third kappa shape index (κ3) is 7.18. The van der Waals surface area contributed by atoms with Crippen molar-refractivity contribution in [3.63, 3.8) is 0 Å². The summed E-state index contributed by atoms with van der Waals surface area (Å²) in [6, 6.07) is 8.72. The van der Waals surface area contributed by atoms with Crippen molar-refractivity contribution in [1.29, 1.82) is 0 Å². The Kier molecular flexibility index (Phi) is 14.7. The highest BCUT2D eigenvalue weighted by Crippen LogP contribution is 2.10. The minimum absolute atomic E-state index is 1.16. The fourth-order valence-corrected chi connectivity index (χ4v) is 1.42. The zero-order valence-corrected chi connectivity index (χ0v) is 11.4. The molecule has 0 aliphatic rings. The smallest absolute Gasteiger partial charge is 0.0279 e. The summed E-state index contributed by atoms with van der Waals surface area (Å²) in [5.74, 6) is 0. The molecule has 0 saturated heterocycles. The van der Waals surface area contributed by atoms with E-state index in [1.54, 1.807) is 0 Å². The average molecular weight is 208 g/mol. The molecule has 0 unspecified atom stereocenters. The highest BCUT2D eigenvalue weighted by Gasteiger charge is 1.96. The quantitative estimate of drug-likeness (QED) is 0.636. The number of hydrogen-bond acceptors (Lipinski definition) is 0. The molecule has 0 amide bonds. The van der Waals surface area contributed by atoms with Crippen LogP contribution in [0.3, 0.4) is 0 Å². The first-order valence-electron chi connectivity index (χ1n) is 6.45. The van der Waals surface area contributed by atoms with Gasteiger partial charge in [-0.3, -0.25) is 0 Å². The number of aryl methyl sites for hydroxylation is 2. The molecule has 0 atom stereocenters. The molecule has 0 spiro atoms. The average Bonchev–Trinajstić information content (AvgIpc) is 2.35. The SMILES string of the molecule is CC.CC.CCCc1ccccc1CC. The molecule has 1 aromatic rings. The van der Waals surface area contributed by atoms with Crippen molar-refractivity contribution in [2.24, 2.45) is 0 Å². The summed E-state index contributed by atoms with van der Waals surface area (Å²) in [4.78, 5) is 0. The lowest BCUT2D eigenvalue weighted by molar-refractivity contribution is 0.899. The number of benzene rings is 1. The molecule has 0 radical (unpaired) electrons. The van der Waals surface area contributed by atoms with Crippen molar-refractivity contribution in [3.8, 4) is 0 Å². The first-order valence-corrected chi connectivity index (χ1v) is 6.45. The molecule has 88 valence electrons. The van der Waals surface area contributed by atoms with Crippen molar-refractivity contribution in [2.75, 3.05) is 0 Å². The Morgan fingerprint density at radius 2 is 1.27 bits per heavy atom. The molecule has 1 rings (SSSR count). The normalized spacial score (nSPS) is 8.13. The molecule has 0 aliphatic carbocycles. The fraction of sp³-hybridized carbons (Fsp3) is 0.600. The Morgan fingerprint density at radius 1 is 0.800 bits per heavy atom. The maximum Gasteiger partial charge on any atom is -0.0279 e. The van der Waals surface area contributed by atoms with Crippen LogP contribution in [0.2, 0.25) is 0 Å². The molecule has 0 aliphatic heterocycles. The highest BCUT2D eigenvalue weighted by molar-refractivity contribution is 5.26. The maximum absolute atomic E-state index is 2.24. The van der Waals surface area contributed by atoms with Gasteiger partial charge in [0, 0.05) is 0 Å². The predicted molar refractivity (Wildman–Crippen MR) is 72.5 cm³/mol.